The van der Waals surface area contributed by atoms with E-state index < -0.39 is 0 Å². The Hall–Kier alpha value is -1.24. The first-order chi connectivity index (χ1) is 9.08. The summed E-state index contributed by atoms with van der Waals surface area (Å²) in [5, 5.41) is 3.37. The summed E-state index contributed by atoms with van der Waals surface area (Å²) < 4.78 is 0. The molecule has 1 aromatic heterocycles. The molecule has 0 aromatic carbocycles. The van der Waals surface area contributed by atoms with E-state index in [2.05, 4.69) is 34.2 Å². The molecule has 1 aromatic rings. The minimum Gasteiger partial charge on any atom is -0.389 e. The highest BCUT2D eigenvalue weighted by Crippen LogP contribution is 2.13. The molecule has 1 unspecified atom stereocenters. The van der Waals surface area contributed by atoms with Crippen LogP contribution in [0.4, 0.5) is 5.82 Å². The second kappa shape index (κ2) is 6.27. The molecule has 19 heavy (non-hydrogen) atoms. The van der Waals surface area contributed by atoms with Gasteiger partial charge >= 0.3 is 0 Å². The summed E-state index contributed by atoms with van der Waals surface area (Å²) in [5.41, 5.74) is 6.51. The second-order valence-electron chi connectivity index (χ2n) is 5.04. The number of aromatic nitrogens is 1. The number of nitrogens with zero attached hydrogens (tertiary/aromatic N) is 3. The fourth-order valence-electron chi connectivity index (χ4n) is 2.28. The van der Waals surface area contributed by atoms with Crippen LogP contribution in [-0.4, -0.2) is 66.1 Å². The Morgan fingerprint density at radius 2 is 2.32 bits per heavy atom. The number of nitrogens with one attached hydrogen (secondary N) is 1. The molecule has 1 saturated heterocycles. The molecule has 1 aliphatic rings. The Morgan fingerprint density at radius 3 is 3.05 bits per heavy atom. The monoisotopic (exact) mass is 279 g/mol. The van der Waals surface area contributed by atoms with Gasteiger partial charge < -0.3 is 16.0 Å². The topological polar surface area (TPSA) is 57.4 Å². The summed E-state index contributed by atoms with van der Waals surface area (Å²) >= 11 is 5.04. The van der Waals surface area contributed by atoms with Crippen LogP contribution in [0.1, 0.15) is 5.56 Å². The lowest BCUT2D eigenvalue weighted by Gasteiger charge is -2.37. The van der Waals surface area contributed by atoms with Crippen LogP contribution in [-0.2, 0) is 0 Å². The van der Waals surface area contributed by atoms with Crippen molar-refractivity contribution < 1.29 is 0 Å². The van der Waals surface area contributed by atoms with Crippen molar-refractivity contribution >= 4 is 23.0 Å². The zero-order valence-electron chi connectivity index (χ0n) is 11.5. The van der Waals surface area contributed by atoms with Gasteiger partial charge in [0.05, 0.1) is 5.56 Å². The smallest absolute Gasteiger partial charge is 0.136 e. The standard InChI is InChI=1S/C13H21N5S/c1-17-6-7-18(2)10(9-17)8-16-13-11(12(14)19)4-3-5-15-13/h3-5,10H,6-9H2,1-2H3,(H2,14,19)(H,15,16). The number of anilines is 1. The Balaban J connectivity index is 2.00. The number of pyridine rings is 1. The second-order valence-corrected chi connectivity index (χ2v) is 5.48. The zero-order valence-corrected chi connectivity index (χ0v) is 12.3. The van der Waals surface area contributed by atoms with Crippen molar-refractivity contribution in [2.24, 2.45) is 5.73 Å². The molecule has 5 nitrogen and oxygen atoms in total. The number of piperazine rings is 1. The Bertz CT molecular complexity index is 450. The van der Waals surface area contributed by atoms with Crippen molar-refractivity contribution in [2.45, 2.75) is 6.04 Å². The Labute approximate surface area is 119 Å². The average Bonchev–Trinajstić information content (AvgIpc) is 2.40. The van der Waals surface area contributed by atoms with E-state index in [4.69, 9.17) is 18.0 Å². The van der Waals surface area contributed by atoms with Gasteiger partial charge in [0.2, 0.25) is 0 Å². The summed E-state index contributed by atoms with van der Waals surface area (Å²) in [6.07, 6.45) is 1.75. The largest absolute Gasteiger partial charge is 0.389 e. The normalized spacial score (nSPS) is 21.3. The molecule has 0 aliphatic carbocycles. The molecule has 0 bridgehead atoms. The Morgan fingerprint density at radius 1 is 1.53 bits per heavy atom. The molecule has 6 heteroatoms. The van der Waals surface area contributed by atoms with Gasteiger partial charge in [-0.3, -0.25) is 4.90 Å². The number of thiocarbonyl (C=S) groups is 1. The van der Waals surface area contributed by atoms with E-state index in [0.29, 0.717) is 11.0 Å². The van der Waals surface area contributed by atoms with Gasteiger partial charge in [0.25, 0.3) is 0 Å². The maximum atomic E-state index is 5.71. The molecule has 1 aliphatic heterocycles. The molecule has 0 radical (unpaired) electrons. The molecule has 104 valence electrons. The van der Waals surface area contributed by atoms with Gasteiger partial charge in [-0.1, -0.05) is 12.2 Å². The number of hydrogen-bond acceptors (Lipinski definition) is 5. The van der Waals surface area contributed by atoms with Gasteiger partial charge in [0.15, 0.2) is 0 Å². The van der Waals surface area contributed by atoms with E-state index in [1.807, 2.05) is 12.1 Å². The highest BCUT2D eigenvalue weighted by molar-refractivity contribution is 7.80. The van der Waals surface area contributed by atoms with Gasteiger partial charge in [-0.2, -0.15) is 0 Å². The first-order valence-electron chi connectivity index (χ1n) is 6.45. The van der Waals surface area contributed by atoms with Crippen LogP contribution in [0.3, 0.4) is 0 Å². The van der Waals surface area contributed by atoms with E-state index in [1.54, 1.807) is 6.20 Å². The summed E-state index contributed by atoms with van der Waals surface area (Å²) in [6, 6.07) is 4.22. The predicted octanol–water partition coefficient (Wildman–Crippen LogP) is 0.374. The highest BCUT2D eigenvalue weighted by atomic mass is 32.1. The predicted molar refractivity (Wildman–Crippen MR) is 82.5 cm³/mol. The number of likely N-dealkylation sites (N-methyl/N-ethyl adjacent to an activating group) is 2. The van der Waals surface area contributed by atoms with Gasteiger partial charge in [0.1, 0.15) is 10.8 Å². The quantitative estimate of drug-likeness (QED) is 0.777. The third kappa shape index (κ3) is 3.62. The lowest BCUT2D eigenvalue weighted by molar-refractivity contribution is 0.122. The van der Waals surface area contributed by atoms with Crippen molar-refractivity contribution in [3.05, 3.63) is 23.9 Å². The molecule has 3 N–H and O–H groups in total. The van der Waals surface area contributed by atoms with Crippen LogP contribution >= 0.6 is 12.2 Å². The van der Waals surface area contributed by atoms with Crippen LogP contribution in [0.15, 0.2) is 18.3 Å². The van der Waals surface area contributed by atoms with E-state index >= 15 is 0 Å². The SMILES string of the molecule is CN1CCN(C)C(CNc2ncccc2C(N)=S)C1. The highest BCUT2D eigenvalue weighted by Gasteiger charge is 2.22. The minimum atomic E-state index is 0.379. The van der Waals surface area contributed by atoms with Crippen LogP contribution in [0.2, 0.25) is 0 Å². The first kappa shape index (κ1) is 14.2. The van der Waals surface area contributed by atoms with Gasteiger partial charge in [-0.25, -0.2) is 4.98 Å². The summed E-state index contributed by atoms with van der Waals surface area (Å²) in [4.78, 5) is 9.41. The molecule has 0 amide bonds. The van der Waals surface area contributed by atoms with Gasteiger partial charge in [0, 0.05) is 38.4 Å². The van der Waals surface area contributed by atoms with E-state index in [-0.39, 0.29) is 0 Å². The lowest BCUT2D eigenvalue weighted by atomic mass is 10.2. The number of nitrogens with two attached hydrogens (primary N) is 1. The van der Waals surface area contributed by atoms with Crippen molar-refractivity contribution in [3.8, 4) is 0 Å². The molecule has 0 saturated carbocycles. The van der Waals surface area contributed by atoms with E-state index in [9.17, 15) is 0 Å². The van der Waals surface area contributed by atoms with E-state index in [0.717, 1.165) is 37.6 Å². The van der Waals surface area contributed by atoms with Crippen molar-refractivity contribution in [1.82, 2.24) is 14.8 Å². The van der Waals surface area contributed by atoms with Crippen LogP contribution in [0, 0.1) is 0 Å². The summed E-state index contributed by atoms with van der Waals surface area (Å²) in [7, 11) is 4.31. The molecular formula is C13H21N5S. The van der Waals surface area contributed by atoms with Crippen molar-refractivity contribution in [3.63, 3.8) is 0 Å². The fourth-order valence-corrected chi connectivity index (χ4v) is 2.45. The molecule has 1 fully saturated rings. The van der Waals surface area contributed by atoms with Crippen LogP contribution < -0.4 is 11.1 Å². The maximum absolute atomic E-state index is 5.71. The van der Waals surface area contributed by atoms with Crippen molar-refractivity contribution in [2.75, 3.05) is 45.6 Å². The van der Waals surface area contributed by atoms with Crippen LogP contribution in [0.25, 0.3) is 0 Å². The third-order valence-electron chi connectivity index (χ3n) is 3.56. The number of hydrogen-bond donors (Lipinski definition) is 2. The van der Waals surface area contributed by atoms with Crippen LogP contribution in [0.5, 0.6) is 0 Å². The Kier molecular flexibility index (Phi) is 4.68. The van der Waals surface area contributed by atoms with Gasteiger partial charge in [-0.15, -0.1) is 0 Å². The third-order valence-corrected chi connectivity index (χ3v) is 3.78. The van der Waals surface area contributed by atoms with Crippen molar-refractivity contribution in [1.29, 1.82) is 0 Å². The summed E-state index contributed by atoms with van der Waals surface area (Å²) in [6.45, 7) is 4.11. The average molecular weight is 279 g/mol. The van der Waals surface area contributed by atoms with Gasteiger partial charge in [-0.05, 0) is 26.2 Å². The summed E-state index contributed by atoms with van der Waals surface area (Å²) in [5.74, 6) is 0.775. The lowest BCUT2D eigenvalue weighted by Crippen LogP contribution is -2.52. The zero-order chi connectivity index (χ0) is 13.8. The first-order valence-corrected chi connectivity index (χ1v) is 6.86. The number of rotatable bonds is 4. The molecule has 1 atom stereocenters. The fraction of sp³-hybridized carbons (Fsp3) is 0.538. The minimum absolute atomic E-state index is 0.379. The molecule has 0 spiro atoms. The maximum Gasteiger partial charge on any atom is 0.136 e. The molecular weight excluding hydrogens is 258 g/mol. The van der Waals surface area contributed by atoms with E-state index in [1.165, 1.54) is 0 Å². The molecule has 2 rings (SSSR count). The molecule has 2 heterocycles.